The minimum atomic E-state index is -1.56. The second kappa shape index (κ2) is 5.60. The van der Waals surface area contributed by atoms with Crippen molar-refractivity contribution >= 4 is 22.9 Å². The Labute approximate surface area is 131 Å². The number of rotatable bonds is 5. The average Bonchev–Trinajstić information content (AvgIpc) is 3.31. The number of carboxylic acids is 1. The third-order valence-electron chi connectivity index (χ3n) is 3.99. The molecule has 0 aromatic carbocycles. The van der Waals surface area contributed by atoms with Gasteiger partial charge in [0.25, 0.3) is 5.91 Å². The molecule has 0 spiro atoms. The highest BCUT2D eigenvalue weighted by atomic mass is 19.1. The van der Waals surface area contributed by atoms with E-state index >= 15 is 0 Å². The standard InChI is InChI=1S/C15H17FN4O3/c1-7-12-9(14(21)18-11(6-16)15(22)23)5-10(8-3-4-8)17-13(12)20(2)19-7/h5,8,11H,3-4,6H2,1-2H3,(H,18,21)(H,22,23). The zero-order chi connectivity index (χ0) is 16.7. The van der Waals surface area contributed by atoms with Gasteiger partial charge in [-0.05, 0) is 25.8 Å². The smallest absolute Gasteiger partial charge is 0.328 e. The number of nitrogens with one attached hydrogen (secondary N) is 1. The van der Waals surface area contributed by atoms with Crippen LogP contribution < -0.4 is 5.32 Å². The average molecular weight is 320 g/mol. The fraction of sp³-hybridized carbons (Fsp3) is 0.467. The highest BCUT2D eigenvalue weighted by Gasteiger charge is 2.29. The summed E-state index contributed by atoms with van der Waals surface area (Å²) in [6.45, 7) is 0.582. The summed E-state index contributed by atoms with van der Waals surface area (Å²) in [4.78, 5) is 28.0. The Balaban J connectivity index is 2.07. The number of carbonyl (C=O) groups excluding carboxylic acids is 1. The molecule has 1 atom stereocenters. The molecule has 2 heterocycles. The summed E-state index contributed by atoms with van der Waals surface area (Å²) < 4.78 is 14.4. The number of carbonyl (C=O) groups is 2. The van der Waals surface area contributed by atoms with E-state index in [1.165, 1.54) is 0 Å². The number of halogens is 1. The first-order valence-corrected chi connectivity index (χ1v) is 7.36. The van der Waals surface area contributed by atoms with E-state index in [2.05, 4.69) is 15.4 Å². The molecular weight excluding hydrogens is 303 g/mol. The third kappa shape index (κ3) is 2.76. The van der Waals surface area contributed by atoms with Gasteiger partial charge in [0.1, 0.15) is 6.67 Å². The molecule has 1 amide bonds. The second-order valence-electron chi connectivity index (χ2n) is 5.80. The van der Waals surface area contributed by atoms with Crippen LogP contribution in [0.4, 0.5) is 4.39 Å². The predicted octanol–water partition coefficient (Wildman–Crippen LogP) is 1.31. The van der Waals surface area contributed by atoms with E-state index in [-0.39, 0.29) is 0 Å². The number of aryl methyl sites for hydroxylation is 2. The highest BCUT2D eigenvalue weighted by molar-refractivity contribution is 6.07. The zero-order valence-corrected chi connectivity index (χ0v) is 12.8. The van der Waals surface area contributed by atoms with Gasteiger partial charge in [-0.15, -0.1) is 0 Å². The largest absolute Gasteiger partial charge is 0.480 e. The number of aromatic nitrogens is 3. The first kappa shape index (κ1) is 15.4. The summed E-state index contributed by atoms with van der Waals surface area (Å²) in [5, 5.41) is 16.0. The summed E-state index contributed by atoms with van der Waals surface area (Å²) in [5.74, 6) is -1.71. The van der Waals surface area contributed by atoms with Gasteiger partial charge in [-0.2, -0.15) is 5.10 Å². The Morgan fingerprint density at radius 3 is 2.78 bits per heavy atom. The van der Waals surface area contributed by atoms with Crippen molar-refractivity contribution in [2.75, 3.05) is 6.67 Å². The minimum absolute atomic E-state index is 0.294. The quantitative estimate of drug-likeness (QED) is 0.865. The number of nitrogens with zero attached hydrogens (tertiary/aromatic N) is 3. The molecule has 0 bridgehead atoms. The zero-order valence-electron chi connectivity index (χ0n) is 12.8. The summed E-state index contributed by atoms with van der Waals surface area (Å²) in [6.07, 6.45) is 2.03. The van der Waals surface area contributed by atoms with Gasteiger partial charge in [-0.1, -0.05) is 0 Å². The van der Waals surface area contributed by atoms with Crippen molar-refractivity contribution in [3.63, 3.8) is 0 Å². The van der Waals surface area contributed by atoms with Crippen LogP contribution in [0.2, 0.25) is 0 Å². The highest BCUT2D eigenvalue weighted by Crippen LogP contribution is 2.40. The first-order valence-electron chi connectivity index (χ1n) is 7.36. The molecule has 7 nitrogen and oxygen atoms in total. The van der Waals surface area contributed by atoms with E-state index in [9.17, 15) is 14.0 Å². The van der Waals surface area contributed by atoms with E-state index in [1.54, 1.807) is 24.7 Å². The van der Waals surface area contributed by atoms with Crippen LogP contribution in [0.3, 0.4) is 0 Å². The molecule has 8 heteroatoms. The van der Waals surface area contributed by atoms with Crippen LogP contribution in [-0.2, 0) is 11.8 Å². The molecule has 1 aliphatic rings. The fourth-order valence-corrected chi connectivity index (χ4v) is 2.63. The summed E-state index contributed by atoms with van der Waals surface area (Å²) in [6, 6.07) is 0.105. The molecule has 3 rings (SSSR count). The van der Waals surface area contributed by atoms with Crippen LogP contribution >= 0.6 is 0 Å². The van der Waals surface area contributed by atoms with Crippen LogP contribution in [0, 0.1) is 6.92 Å². The lowest BCUT2D eigenvalue weighted by Crippen LogP contribution is -2.42. The number of fused-ring (bicyclic) bond motifs is 1. The number of amides is 1. The minimum Gasteiger partial charge on any atom is -0.480 e. The van der Waals surface area contributed by atoms with Gasteiger partial charge in [0, 0.05) is 18.7 Å². The lowest BCUT2D eigenvalue weighted by molar-refractivity contribution is -0.139. The summed E-state index contributed by atoms with van der Waals surface area (Å²) >= 11 is 0. The number of pyridine rings is 1. The maximum atomic E-state index is 12.8. The molecule has 1 aliphatic carbocycles. The lowest BCUT2D eigenvalue weighted by atomic mass is 10.1. The van der Waals surface area contributed by atoms with Crippen molar-refractivity contribution in [2.24, 2.45) is 7.05 Å². The van der Waals surface area contributed by atoms with Gasteiger partial charge in [-0.25, -0.2) is 14.2 Å². The molecule has 1 unspecified atom stereocenters. The van der Waals surface area contributed by atoms with Crippen molar-refractivity contribution in [3.05, 3.63) is 23.0 Å². The molecule has 2 aromatic heterocycles. The molecule has 1 saturated carbocycles. The van der Waals surface area contributed by atoms with E-state index in [1.807, 2.05) is 0 Å². The van der Waals surface area contributed by atoms with Crippen molar-refractivity contribution in [2.45, 2.75) is 31.7 Å². The Hall–Kier alpha value is -2.51. The molecule has 2 N–H and O–H groups in total. The molecular formula is C15H17FN4O3. The molecule has 2 aromatic rings. The number of aliphatic carboxylic acids is 1. The predicted molar refractivity (Wildman–Crippen MR) is 80.1 cm³/mol. The van der Waals surface area contributed by atoms with Gasteiger partial charge >= 0.3 is 5.97 Å². The Morgan fingerprint density at radius 1 is 1.52 bits per heavy atom. The SMILES string of the molecule is Cc1nn(C)c2nc(C3CC3)cc(C(=O)NC(CF)C(=O)O)c12. The Bertz CT molecular complexity index is 798. The van der Waals surface area contributed by atoms with Gasteiger partial charge in [0.2, 0.25) is 0 Å². The van der Waals surface area contributed by atoms with E-state index in [0.717, 1.165) is 18.5 Å². The maximum Gasteiger partial charge on any atom is 0.328 e. The van der Waals surface area contributed by atoms with Crippen LogP contribution in [0.5, 0.6) is 0 Å². The first-order chi connectivity index (χ1) is 10.9. The summed E-state index contributed by atoms with van der Waals surface area (Å²) in [5.41, 5.74) is 2.28. The second-order valence-corrected chi connectivity index (χ2v) is 5.80. The maximum absolute atomic E-state index is 12.8. The monoisotopic (exact) mass is 320 g/mol. The van der Waals surface area contributed by atoms with E-state index < -0.39 is 24.6 Å². The van der Waals surface area contributed by atoms with E-state index in [0.29, 0.717) is 28.2 Å². The number of carboxylic acid groups (broad SMARTS) is 1. The molecule has 1 fully saturated rings. The molecule has 122 valence electrons. The fourth-order valence-electron chi connectivity index (χ4n) is 2.63. The van der Waals surface area contributed by atoms with Crippen LogP contribution in [0.1, 0.15) is 40.5 Å². The van der Waals surface area contributed by atoms with Crippen LogP contribution in [0.15, 0.2) is 6.07 Å². The van der Waals surface area contributed by atoms with Crippen molar-refractivity contribution in [1.82, 2.24) is 20.1 Å². The number of alkyl halides is 1. The van der Waals surface area contributed by atoms with Gasteiger partial charge in [0.15, 0.2) is 11.7 Å². The summed E-state index contributed by atoms with van der Waals surface area (Å²) in [7, 11) is 1.74. The molecule has 23 heavy (non-hydrogen) atoms. The van der Waals surface area contributed by atoms with Crippen molar-refractivity contribution in [1.29, 1.82) is 0 Å². The topological polar surface area (TPSA) is 97.1 Å². The lowest BCUT2D eigenvalue weighted by Gasteiger charge is -2.12. The van der Waals surface area contributed by atoms with Crippen molar-refractivity contribution < 1.29 is 19.1 Å². The van der Waals surface area contributed by atoms with Gasteiger partial charge in [0.05, 0.1) is 16.6 Å². The third-order valence-corrected chi connectivity index (χ3v) is 3.99. The Morgan fingerprint density at radius 2 is 2.22 bits per heavy atom. The Kier molecular flexibility index (Phi) is 3.75. The van der Waals surface area contributed by atoms with Gasteiger partial charge in [-0.3, -0.25) is 9.48 Å². The number of hydrogen-bond donors (Lipinski definition) is 2. The van der Waals surface area contributed by atoms with E-state index in [4.69, 9.17) is 5.11 Å². The normalized spacial score (nSPS) is 15.6. The molecule has 0 radical (unpaired) electrons. The van der Waals surface area contributed by atoms with Crippen LogP contribution in [0.25, 0.3) is 11.0 Å². The molecule has 0 saturated heterocycles. The van der Waals surface area contributed by atoms with Crippen molar-refractivity contribution in [3.8, 4) is 0 Å². The number of hydrogen-bond acceptors (Lipinski definition) is 4. The van der Waals surface area contributed by atoms with Crippen LogP contribution in [-0.4, -0.2) is 44.5 Å². The van der Waals surface area contributed by atoms with Gasteiger partial charge < -0.3 is 10.4 Å². The molecule has 0 aliphatic heterocycles.